The lowest BCUT2D eigenvalue weighted by Gasteiger charge is -2.11. The Balaban J connectivity index is 2.70. The molecule has 1 aliphatic heterocycles. The van der Waals surface area contributed by atoms with Crippen molar-refractivity contribution >= 4 is 40.2 Å². The Kier molecular flexibility index (Phi) is 3.27. The number of aliphatic carboxylic acids is 1. The highest BCUT2D eigenvalue weighted by Gasteiger charge is 2.36. The zero-order valence-electron chi connectivity index (χ0n) is 7.02. The van der Waals surface area contributed by atoms with Gasteiger partial charge >= 0.3 is 5.97 Å². The molecule has 0 bridgehead atoms. The smallest absolute Gasteiger partial charge is 0.323 e. The van der Waals surface area contributed by atoms with Gasteiger partial charge in [0.2, 0.25) is 5.91 Å². The van der Waals surface area contributed by atoms with E-state index in [1.54, 1.807) is 0 Å². The van der Waals surface area contributed by atoms with Gasteiger partial charge in [0.25, 0.3) is 0 Å². The van der Waals surface area contributed by atoms with E-state index < -0.39 is 5.97 Å². The van der Waals surface area contributed by atoms with Gasteiger partial charge < -0.3 is 5.11 Å². The third kappa shape index (κ3) is 2.19. The van der Waals surface area contributed by atoms with Crippen LogP contribution >= 0.6 is 24.0 Å². The first-order chi connectivity index (χ1) is 6.06. The highest BCUT2D eigenvalue weighted by molar-refractivity contribution is 8.24. The van der Waals surface area contributed by atoms with Crippen molar-refractivity contribution in [1.29, 1.82) is 0 Å². The second-order valence-corrected chi connectivity index (χ2v) is 4.44. The lowest BCUT2D eigenvalue weighted by atomic mass is 10.3. The van der Waals surface area contributed by atoms with Crippen molar-refractivity contribution in [2.75, 3.05) is 6.54 Å². The van der Waals surface area contributed by atoms with Gasteiger partial charge in [-0.05, 0) is 6.42 Å². The summed E-state index contributed by atoms with van der Waals surface area (Å²) in [6.07, 6.45) is 0.680. The van der Waals surface area contributed by atoms with E-state index in [1.807, 2.05) is 6.92 Å². The summed E-state index contributed by atoms with van der Waals surface area (Å²) >= 11 is 6.15. The Morgan fingerprint density at radius 1 is 1.77 bits per heavy atom. The maximum Gasteiger partial charge on any atom is 0.323 e. The second-order valence-electron chi connectivity index (χ2n) is 2.60. The summed E-state index contributed by atoms with van der Waals surface area (Å²) in [6, 6.07) is 0. The van der Waals surface area contributed by atoms with Gasteiger partial charge in [0.1, 0.15) is 10.9 Å². The molecule has 1 heterocycles. The van der Waals surface area contributed by atoms with E-state index in [1.165, 1.54) is 11.8 Å². The molecule has 0 aromatic rings. The van der Waals surface area contributed by atoms with Crippen LogP contribution in [0.15, 0.2) is 0 Å². The van der Waals surface area contributed by atoms with Crippen molar-refractivity contribution < 1.29 is 14.7 Å². The first kappa shape index (κ1) is 10.5. The number of carbonyl (C=O) groups excluding carboxylic acids is 1. The van der Waals surface area contributed by atoms with Crippen LogP contribution in [0.5, 0.6) is 0 Å². The predicted molar refractivity (Wildman–Crippen MR) is 53.6 cm³/mol. The summed E-state index contributed by atoms with van der Waals surface area (Å²) in [4.78, 5) is 23.0. The first-order valence-corrected chi connectivity index (χ1v) is 5.08. The van der Waals surface area contributed by atoms with E-state index in [9.17, 15) is 9.59 Å². The van der Waals surface area contributed by atoms with Gasteiger partial charge in [0.05, 0.1) is 5.25 Å². The van der Waals surface area contributed by atoms with Crippen LogP contribution in [0.25, 0.3) is 0 Å². The molecule has 13 heavy (non-hydrogen) atoms. The van der Waals surface area contributed by atoms with Crippen LogP contribution in [0.3, 0.4) is 0 Å². The Morgan fingerprint density at radius 2 is 2.38 bits per heavy atom. The van der Waals surface area contributed by atoms with Gasteiger partial charge in [-0.2, -0.15) is 0 Å². The van der Waals surface area contributed by atoms with Crippen LogP contribution in [-0.2, 0) is 9.59 Å². The molecule has 0 aliphatic carbocycles. The second kappa shape index (κ2) is 4.06. The van der Waals surface area contributed by atoms with Gasteiger partial charge in [0.15, 0.2) is 0 Å². The van der Waals surface area contributed by atoms with E-state index in [-0.39, 0.29) is 17.7 Å². The summed E-state index contributed by atoms with van der Waals surface area (Å²) in [5, 5.41) is 8.32. The summed E-state index contributed by atoms with van der Waals surface area (Å²) < 4.78 is 0.374. The number of hydrogen-bond acceptors (Lipinski definition) is 4. The fourth-order valence-electron chi connectivity index (χ4n) is 1.04. The van der Waals surface area contributed by atoms with Gasteiger partial charge in [-0.3, -0.25) is 14.5 Å². The van der Waals surface area contributed by atoms with Gasteiger partial charge in [-0.1, -0.05) is 30.9 Å². The van der Waals surface area contributed by atoms with Gasteiger partial charge in [0, 0.05) is 0 Å². The third-order valence-corrected chi connectivity index (χ3v) is 3.42. The van der Waals surface area contributed by atoms with E-state index in [2.05, 4.69) is 0 Å². The largest absolute Gasteiger partial charge is 0.480 e. The van der Waals surface area contributed by atoms with E-state index in [0.29, 0.717) is 10.7 Å². The number of hydrogen-bond donors (Lipinski definition) is 1. The fraction of sp³-hybridized carbons (Fsp3) is 0.571. The molecule has 0 unspecified atom stereocenters. The van der Waals surface area contributed by atoms with Crippen LogP contribution in [0.1, 0.15) is 13.3 Å². The first-order valence-electron chi connectivity index (χ1n) is 3.80. The molecule has 1 amide bonds. The van der Waals surface area contributed by atoms with Crippen molar-refractivity contribution in [3.8, 4) is 0 Å². The lowest BCUT2D eigenvalue weighted by molar-refractivity contribution is -0.141. The molecule has 6 heteroatoms. The summed E-state index contributed by atoms with van der Waals surface area (Å²) in [5.41, 5.74) is 0. The molecule has 1 N–H and O–H groups in total. The molecular formula is C7H9NO3S2. The molecule has 0 aromatic carbocycles. The van der Waals surface area contributed by atoms with Crippen LogP contribution in [0.2, 0.25) is 0 Å². The molecule has 0 spiro atoms. The molecule has 4 nitrogen and oxygen atoms in total. The number of rotatable bonds is 3. The average molecular weight is 219 g/mol. The Morgan fingerprint density at radius 3 is 2.77 bits per heavy atom. The minimum absolute atomic E-state index is 0.181. The molecular weight excluding hydrogens is 210 g/mol. The van der Waals surface area contributed by atoms with E-state index in [0.717, 1.165) is 4.90 Å². The Hall–Kier alpha value is -0.620. The predicted octanol–water partition coefficient (Wildman–Crippen LogP) is 0.710. The van der Waals surface area contributed by atoms with Gasteiger partial charge in [-0.15, -0.1) is 0 Å². The van der Waals surface area contributed by atoms with Crippen molar-refractivity contribution in [1.82, 2.24) is 4.90 Å². The van der Waals surface area contributed by atoms with Crippen molar-refractivity contribution in [2.45, 2.75) is 18.6 Å². The highest BCUT2D eigenvalue weighted by Crippen LogP contribution is 2.28. The number of carboxylic acids is 1. The van der Waals surface area contributed by atoms with Crippen LogP contribution in [0.4, 0.5) is 0 Å². The van der Waals surface area contributed by atoms with E-state index >= 15 is 0 Å². The average Bonchev–Trinajstić information content (AvgIpc) is 2.31. The summed E-state index contributed by atoms with van der Waals surface area (Å²) in [6.45, 7) is 1.56. The molecule has 0 saturated carbocycles. The van der Waals surface area contributed by atoms with Crippen molar-refractivity contribution in [3.63, 3.8) is 0 Å². The monoisotopic (exact) mass is 219 g/mol. The SMILES string of the molecule is CC[C@H]1SC(=S)N(CC(=O)O)C1=O. The molecule has 1 rings (SSSR count). The number of thioether (sulfide) groups is 1. The van der Waals surface area contributed by atoms with Crippen molar-refractivity contribution in [3.05, 3.63) is 0 Å². The quantitative estimate of drug-likeness (QED) is 0.708. The highest BCUT2D eigenvalue weighted by atomic mass is 32.2. The normalized spacial score (nSPS) is 22.5. The summed E-state index contributed by atoms with van der Waals surface area (Å²) in [7, 11) is 0. The number of thiocarbonyl (C=S) groups is 1. The fourth-order valence-corrected chi connectivity index (χ4v) is 2.46. The minimum Gasteiger partial charge on any atom is -0.480 e. The maximum atomic E-state index is 11.4. The number of nitrogens with zero attached hydrogens (tertiary/aromatic N) is 1. The zero-order valence-corrected chi connectivity index (χ0v) is 8.65. The molecule has 0 aromatic heterocycles. The summed E-state index contributed by atoms with van der Waals surface area (Å²) in [5.74, 6) is -1.21. The van der Waals surface area contributed by atoms with Crippen LogP contribution < -0.4 is 0 Å². The number of amides is 1. The Labute approximate surface area is 85.3 Å². The van der Waals surface area contributed by atoms with E-state index in [4.69, 9.17) is 17.3 Å². The van der Waals surface area contributed by atoms with Crippen molar-refractivity contribution in [2.24, 2.45) is 0 Å². The number of carbonyl (C=O) groups is 2. The Bertz CT molecular complexity index is 266. The minimum atomic E-state index is -1.03. The molecule has 1 aliphatic rings. The third-order valence-electron chi connectivity index (χ3n) is 1.67. The molecule has 0 radical (unpaired) electrons. The van der Waals surface area contributed by atoms with Crippen LogP contribution in [-0.4, -0.2) is 38.0 Å². The van der Waals surface area contributed by atoms with Crippen LogP contribution in [0, 0.1) is 0 Å². The molecule has 72 valence electrons. The van der Waals surface area contributed by atoms with Gasteiger partial charge in [-0.25, -0.2) is 0 Å². The standard InChI is InChI=1S/C7H9NO3S2/c1-2-4-6(11)8(3-5(9)10)7(12)13-4/h4H,2-3H2,1H3,(H,9,10)/t4-/m1/s1. The lowest BCUT2D eigenvalue weighted by Crippen LogP contribution is -2.35. The topological polar surface area (TPSA) is 57.6 Å². The maximum absolute atomic E-state index is 11.4. The molecule has 1 saturated heterocycles. The molecule has 1 fully saturated rings. The number of carboxylic acid groups (broad SMARTS) is 1. The zero-order chi connectivity index (χ0) is 10.0. The molecule has 1 atom stereocenters.